The fraction of sp³-hybridized carbons (Fsp3) is 0.545. The van der Waals surface area contributed by atoms with Gasteiger partial charge in [0.15, 0.2) is 0 Å². The zero-order valence-corrected chi connectivity index (χ0v) is 8.25. The van der Waals surface area contributed by atoms with Crippen molar-refractivity contribution in [2.24, 2.45) is 5.92 Å². The molecule has 3 heteroatoms. The van der Waals surface area contributed by atoms with Gasteiger partial charge in [-0.25, -0.2) is 0 Å². The first-order valence-electron chi connectivity index (χ1n) is 5.20. The number of dihydropyridines is 1. The summed E-state index contributed by atoms with van der Waals surface area (Å²) in [6.07, 6.45) is 7.30. The summed E-state index contributed by atoms with van der Waals surface area (Å²) in [6.45, 7) is 2.90. The molecule has 0 unspecified atom stereocenters. The summed E-state index contributed by atoms with van der Waals surface area (Å²) in [4.78, 5) is 10.5. The van der Waals surface area contributed by atoms with Gasteiger partial charge in [-0.2, -0.15) is 0 Å². The van der Waals surface area contributed by atoms with Crippen molar-refractivity contribution in [2.75, 3.05) is 19.6 Å². The van der Waals surface area contributed by atoms with Crippen molar-refractivity contribution in [3.05, 3.63) is 23.4 Å². The summed E-state index contributed by atoms with van der Waals surface area (Å²) in [5.41, 5.74) is 2.14. The lowest BCUT2D eigenvalue weighted by Crippen LogP contribution is -2.33. The Labute approximate surface area is 84.3 Å². The van der Waals surface area contributed by atoms with E-state index < -0.39 is 0 Å². The van der Waals surface area contributed by atoms with E-state index in [0.29, 0.717) is 12.5 Å². The van der Waals surface area contributed by atoms with Crippen LogP contribution in [0.1, 0.15) is 12.8 Å². The lowest BCUT2D eigenvalue weighted by molar-refractivity contribution is -0.105. The minimum absolute atomic E-state index is 0.653. The van der Waals surface area contributed by atoms with Gasteiger partial charge < -0.3 is 10.6 Å². The maximum atomic E-state index is 10.5. The van der Waals surface area contributed by atoms with Crippen LogP contribution in [-0.2, 0) is 4.79 Å². The molecule has 0 saturated carbocycles. The number of carbonyl (C=O) groups is 1. The van der Waals surface area contributed by atoms with Crippen LogP contribution in [0.4, 0.5) is 0 Å². The molecule has 0 amide bonds. The second kappa shape index (κ2) is 4.42. The molecule has 76 valence electrons. The maximum Gasteiger partial charge on any atom is 0.147 e. The van der Waals surface area contributed by atoms with Crippen LogP contribution in [0.5, 0.6) is 0 Å². The van der Waals surface area contributed by atoms with Crippen molar-refractivity contribution in [3.63, 3.8) is 0 Å². The molecule has 0 atom stereocenters. The molecule has 1 saturated heterocycles. The van der Waals surface area contributed by atoms with Crippen LogP contribution in [-0.4, -0.2) is 25.9 Å². The molecular weight excluding hydrogens is 176 g/mol. The van der Waals surface area contributed by atoms with Crippen molar-refractivity contribution in [1.82, 2.24) is 10.6 Å². The largest absolute Gasteiger partial charge is 0.384 e. The molecule has 0 radical (unpaired) electrons. The molecule has 0 aromatic heterocycles. The fourth-order valence-electron chi connectivity index (χ4n) is 2.01. The van der Waals surface area contributed by atoms with Gasteiger partial charge in [-0.1, -0.05) is 6.08 Å². The summed E-state index contributed by atoms with van der Waals surface area (Å²) in [7, 11) is 0. The van der Waals surface area contributed by atoms with Crippen molar-refractivity contribution >= 4 is 6.29 Å². The second-order valence-electron chi connectivity index (χ2n) is 3.86. The van der Waals surface area contributed by atoms with E-state index in [1.165, 1.54) is 18.5 Å². The quantitative estimate of drug-likeness (QED) is 0.629. The van der Waals surface area contributed by atoms with E-state index >= 15 is 0 Å². The molecule has 0 spiro atoms. The number of aldehydes is 1. The summed E-state index contributed by atoms with van der Waals surface area (Å²) >= 11 is 0. The number of hydrogen-bond acceptors (Lipinski definition) is 3. The van der Waals surface area contributed by atoms with Crippen LogP contribution < -0.4 is 10.6 Å². The van der Waals surface area contributed by atoms with Crippen molar-refractivity contribution in [3.8, 4) is 0 Å². The van der Waals surface area contributed by atoms with Crippen LogP contribution >= 0.6 is 0 Å². The molecular formula is C11H16N2O. The molecule has 3 nitrogen and oxygen atoms in total. The predicted molar refractivity (Wildman–Crippen MR) is 55.8 cm³/mol. The van der Waals surface area contributed by atoms with Gasteiger partial charge in [0.25, 0.3) is 0 Å². The maximum absolute atomic E-state index is 10.5. The minimum Gasteiger partial charge on any atom is -0.384 e. The highest BCUT2D eigenvalue weighted by Crippen LogP contribution is 2.21. The van der Waals surface area contributed by atoms with Crippen molar-refractivity contribution in [2.45, 2.75) is 12.8 Å². The Morgan fingerprint density at radius 2 is 2.07 bits per heavy atom. The molecule has 0 aliphatic carbocycles. The zero-order valence-electron chi connectivity index (χ0n) is 8.25. The highest BCUT2D eigenvalue weighted by molar-refractivity contribution is 5.75. The first-order valence-corrected chi connectivity index (χ1v) is 5.20. The third kappa shape index (κ3) is 2.04. The summed E-state index contributed by atoms with van der Waals surface area (Å²) < 4.78 is 0. The Morgan fingerprint density at radius 1 is 1.29 bits per heavy atom. The Morgan fingerprint density at radius 3 is 2.64 bits per heavy atom. The fourth-order valence-corrected chi connectivity index (χ4v) is 2.01. The average Bonchev–Trinajstić information content (AvgIpc) is 2.30. The van der Waals surface area contributed by atoms with Gasteiger partial charge in [-0.3, -0.25) is 4.79 Å². The zero-order chi connectivity index (χ0) is 9.80. The molecule has 2 rings (SSSR count). The van der Waals surface area contributed by atoms with Gasteiger partial charge in [0.1, 0.15) is 6.29 Å². The van der Waals surface area contributed by atoms with Crippen LogP contribution in [0.15, 0.2) is 23.4 Å². The Hall–Kier alpha value is -1.09. The smallest absolute Gasteiger partial charge is 0.147 e. The Bertz CT molecular complexity index is 275. The Kier molecular flexibility index (Phi) is 2.99. The van der Waals surface area contributed by atoms with Gasteiger partial charge in [0.2, 0.25) is 0 Å². The summed E-state index contributed by atoms with van der Waals surface area (Å²) in [6, 6.07) is 0. The number of hydrogen-bond donors (Lipinski definition) is 2. The van der Waals surface area contributed by atoms with E-state index in [1.54, 1.807) is 0 Å². The summed E-state index contributed by atoms with van der Waals surface area (Å²) in [5.74, 6) is 0.653. The first kappa shape index (κ1) is 9.46. The standard InChI is InChI=1S/C11H16N2O/c14-8-9-1-2-11(13-7-9)10-3-5-12-6-4-10/h1-2,8,10,12-13H,3-7H2. The Balaban J connectivity index is 2.01. The number of allylic oxidation sites excluding steroid dienone is 3. The molecule has 2 heterocycles. The van der Waals surface area contributed by atoms with Crippen molar-refractivity contribution in [1.29, 1.82) is 0 Å². The van der Waals surface area contributed by atoms with Crippen LogP contribution in [0.3, 0.4) is 0 Å². The lowest BCUT2D eigenvalue weighted by Gasteiger charge is -2.27. The van der Waals surface area contributed by atoms with Gasteiger partial charge in [-0.15, -0.1) is 0 Å². The first-order chi connectivity index (χ1) is 6.90. The molecule has 0 aromatic carbocycles. The molecule has 2 aliphatic heterocycles. The number of rotatable bonds is 2. The SMILES string of the molecule is O=CC1=CC=C(C2CCNCC2)NC1. The van der Waals surface area contributed by atoms with Gasteiger partial charge in [0.05, 0.1) is 0 Å². The van der Waals surface area contributed by atoms with E-state index in [0.717, 1.165) is 24.9 Å². The van der Waals surface area contributed by atoms with E-state index in [4.69, 9.17) is 0 Å². The number of piperidine rings is 1. The van der Waals surface area contributed by atoms with E-state index in [-0.39, 0.29) is 0 Å². The normalized spacial score (nSPS) is 23.4. The van der Waals surface area contributed by atoms with Gasteiger partial charge >= 0.3 is 0 Å². The lowest BCUT2D eigenvalue weighted by atomic mass is 9.92. The molecule has 2 aliphatic rings. The molecule has 1 fully saturated rings. The third-order valence-corrected chi connectivity index (χ3v) is 2.90. The molecule has 14 heavy (non-hydrogen) atoms. The average molecular weight is 192 g/mol. The van der Waals surface area contributed by atoms with Gasteiger partial charge in [-0.05, 0) is 32.0 Å². The number of carbonyl (C=O) groups excluding carboxylic acids is 1. The van der Waals surface area contributed by atoms with Crippen molar-refractivity contribution < 1.29 is 4.79 Å². The number of nitrogens with one attached hydrogen (secondary N) is 2. The third-order valence-electron chi connectivity index (χ3n) is 2.90. The topological polar surface area (TPSA) is 41.1 Å². The van der Waals surface area contributed by atoms with E-state index in [2.05, 4.69) is 16.7 Å². The predicted octanol–water partition coefficient (Wildman–Crippen LogP) is 0.598. The monoisotopic (exact) mass is 192 g/mol. The molecule has 2 N–H and O–H groups in total. The van der Waals surface area contributed by atoms with Gasteiger partial charge in [0, 0.05) is 23.7 Å². The highest BCUT2D eigenvalue weighted by atomic mass is 16.1. The minimum atomic E-state index is 0.653. The van der Waals surface area contributed by atoms with Crippen LogP contribution in [0.2, 0.25) is 0 Å². The van der Waals surface area contributed by atoms with E-state index in [9.17, 15) is 4.79 Å². The van der Waals surface area contributed by atoms with Crippen LogP contribution in [0.25, 0.3) is 0 Å². The second-order valence-corrected chi connectivity index (χ2v) is 3.86. The highest BCUT2D eigenvalue weighted by Gasteiger charge is 2.18. The molecule has 0 aromatic rings. The molecule has 0 bridgehead atoms. The van der Waals surface area contributed by atoms with Crippen LogP contribution in [0, 0.1) is 5.92 Å². The summed E-state index contributed by atoms with van der Waals surface area (Å²) in [5, 5.41) is 6.67. The van der Waals surface area contributed by atoms with E-state index in [1.807, 2.05) is 6.08 Å².